The fourth-order valence-electron chi connectivity index (χ4n) is 2.05. The maximum atomic E-state index is 2.47. The summed E-state index contributed by atoms with van der Waals surface area (Å²) in [6.07, 6.45) is 7.35. The largest absolute Gasteiger partial charge is 0.0779 e. The third-order valence-corrected chi connectivity index (χ3v) is 2.96. The molecule has 0 aromatic heterocycles. The number of hydrogen-bond donors (Lipinski definition) is 0. The molecule has 0 N–H and O–H groups in total. The van der Waals surface area contributed by atoms with Crippen molar-refractivity contribution in [2.75, 3.05) is 0 Å². The van der Waals surface area contributed by atoms with Gasteiger partial charge in [-0.25, -0.2) is 0 Å². The maximum Gasteiger partial charge on any atom is -0.0170 e. The van der Waals surface area contributed by atoms with E-state index in [0.717, 1.165) is 11.8 Å². The molecule has 2 unspecified atom stereocenters. The second kappa shape index (κ2) is 3.93. The van der Waals surface area contributed by atoms with Crippen LogP contribution in [0, 0.1) is 11.8 Å². The van der Waals surface area contributed by atoms with Gasteiger partial charge in [0.2, 0.25) is 0 Å². The molecule has 0 heterocycles. The molecule has 0 aromatic carbocycles. The molecule has 1 aliphatic carbocycles. The van der Waals surface area contributed by atoms with Gasteiger partial charge in [0.1, 0.15) is 0 Å². The Morgan fingerprint density at radius 2 is 1.92 bits per heavy atom. The lowest BCUT2D eigenvalue weighted by atomic mass is 9.81. The summed E-state index contributed by atoms with van der Waals surface area (Å²) in [4.78, 5) is 0. The predicted molar refractivity (Wildman–Crippen MR) is 55.1 cm³/mol. The molecule has 0 spiro atoms. The van der Waals surface area contributed by atoms with Crippen LogP contribution in [0.25, 0.3) is 0 Å². The molecular formula is C12H20. The Morgan fingerprint density at radius 3 is 2.42 bits per heavy atom. The number of allylic oxidation sites excluding steroid dienone is 4. The fourth-order valence-corrected chi connectivity index (χ4v) is 2.05. The van der Waals surface area contributed by atoms with Crippen LogP contribution < -0.4 is 0 Å². The number of hydrogen-bond acceptors (Lipinski definition) is 0. The average molecular weight is 164 g/mol. The molecule has 0 bridgehead atoms. The summed E-state index contributed by atoms with van der Waals surface area (Å²) in [5.41, 5.74) is 3.05. The van der Waals surface area contributed by atoms with Crippen molar-refractivity contribution in [3.05, 3.63) is 23.3 Å². The fraction of sp³-hybridized carbons (Fsp3) is 0.667. The van der Waals surface area contributed by atoms with Crippen molar-refractivity contribution in [1.29, 1.82) is 0 Å². The van der Waals surface area contributed by atoms with Crippen molar-refractivity contribution in [3.63, 3.8) is 0 Å². The van der Waals surface area contributed by atoms with E-state index in [2.05, 4.69) is 39.8 Å². The van der Waals surface area contributed by atoms with Crippen molar-refractivity contribution in [2.45, 2.75) is 40.5 Å². The van der Waals surface area contributed by atoms with E-state index in [4.69, 9.17) is 0 Å². The first-order valence-electron chi connectivity index (χ1n) is 5.08. The van der Waals surface area contributed by atoms with Gasteiger partial charge in [0, 0.05) is 0 Å². The van der Waals surface area contributed by atoms with Crippen LogP contribution in [0.3, 0.4) is 0 Å². The molecule has 0 amide bonds. The van der Waals surface area contributed by atoms with E-state index in [9.17, 15) is 0 Å². The van der Waals surface area contributed by atoms with Crippen LogP contribution in [0.1, 0.15) is 40.5 Å². The quantitative estimate of drug-likeness (QED) is 0.580. The second-order valence-corrected chi connectivity index (χ2v) is 3.83. The molecular weight excluding hydrogens is 144 g/mol. The Labute approximate surface area is 76.4 Å². The Hall–Kier alpha value is -0.520. The third-order valence-electron chi connectivity index (χ3n) is 2.96. The monoisotopic (exact) mass is 164 g/mol. The number of rotatable bonds is 2. The van der Waals surface area contributed by atoms with Crippen molar-refractivity contribution >= 4 is 0 Å². The SMILES string of the molecule is CCC1=CC(CC)C(C)C=C1C. The zero-order chi connectivity index (χ0) is 9.14. The van der Waals surface area contributed by atoms with Gasteiger partial charge in [-0.05, 0) is 37.2 Å². The second-order valence-electron chi connectivity index (χ2n) is 3.83. The molecule has 0 saturated carbocycles. The Balaban J connectivity index is 2.81. The van der Waals surface area contributed by atoms with Crippen LogP contribution in [0.2, 0.25) is 0 Å². The minimum atomic E-state index is 0.741. The van der Waals surface area contributed by atoms with E-state index in [-0.39, 0.29) is 0 Å². The van der Waals surface area contributed by atoms with Crippen LogP contribution in [-0.4, -0.2) is 0 Å². The molecule has 0 aliphatic heterocycles. The smallest absolute Gasteiger partial charge is 0.0170 e. The van der Waals surface area contributed by atoms with Gasteiger partial charge in [-0.1, -0.05) is 38.5 Å². The van der Waals surface area contributed by atoms with E-state index >= 15 is 0 Å². The van der Waals surface area contributed by atoms with Crippen LogP contribution >= 0.6 is 0 Å². The minimum Gasteiger partial charge on any atom is -0.0779 e. The van der Waals surface area contributed by atoms with Gasteiger partial charge in [-0.15, -0.1) is 0 Å². The summed E-state index contributed by atoms with van der Waals surface area (Å²) in [5.74, 6) is 1.52. The lowest BCUT2D eigenvalue weighted by molar-refractivity contribution is 0.483. The molecule has 0 heteroatoms. The van der Waals surface area contributed by atoms with Gasteiger partial charge >= 0.3 is 0 Å². The highest BCUT2D eigenvalue weighted by Crippen LogP contribution is 2.30. The van der Waals surface area contributed by atoms with Gasteiger partial charge in [0.05, 0.1) is 0 Å². The molecule has 2 atom stereocenters. The summed E-state index contributed by atoms with van der Waals surface area (Å²) in [7, 11) is 0. The van der Waals surface area contributed by atoms with Crippen molar-refractivity contribution in [1.82, 2.24) is 0 Å². The molecule has 0 fully saturated rings. The minimum absolute atomic E-state index is 0.741. The van der Waals surface area contributed by atoms with Crippen LogP contribution in [0.5, 0.6) is 0 Å². The maximum absolute atomic E-state index is 2.47. The zero-order valence-corrected chi connectivity index (χ0v) is 8.72. The van der Waals surface area contributed by atoms with E-state index in [1.807, 2.05) is 0 Å². The summed E-state index contributed by atoms with van der Waals surface area (Å²) in [6, 6.07) is 0. The third kappa shape index (κ3) is 1.80. The summed E-state index contributed by atoms with van der Waals surface area (Å²) in [6.45, 7) is 9.07. The summed E-state index contributed by atoms with van der Waals surface area (Å²) < 4.78 is 0. The molecule has 0 nitrogen and oxygen atoms in total. The van der Waals surface area contributed by atoms with E-state index in [1.165, 1.54) is 18.4 Å². The van der Waals surface area contributed by atoms with Gasteiger partial charge in [0.25, 0.3) is 0 Å². The predicted octanol–water partition coefficient (Wildman–Crippen LogP) is 3.95. The first-order valence-corrected chi connectivity index (χ1v) is 5.08. The van der Waals surface area contributed by atoms with Crippen LogP contribution in [0.15, 0.2) is 23.3 Å². The lowest BCUT2D eigenvalue weighted by Crippen LogP contribution is -2.11. The summed E-state index contributed by atoms with van der Waals surface area (Å²) in [5, 5.41) is 0. The van der Waals surface area contributed by atoms with Crippen LogP contribution in [-0.2, 0) is 0 Å². The zero-order valence-electron chi connectivity index (χ0n) is 8.72. The Kier molecular flexibility index (Phi) is 3.13. The van der Waals surface area contributed by atoms with E-state index in [1.54, 1.807) is 5.57 Å². The molecule has 0 radical (unpaired) electrons. The molecule has 68 valence electrons. The first-order chi connectivity index (χ1) is 5.69. The average Bonchev–Trinajstić information content (AvgIpc) is 2.05. The van der Waals surface area contributed by atoms with Crippen LogP contribution in [0.4, 0.5) is 0 Å². The highest BCUT2D eigenvalue weighted by atomic mass is 14.2. The highest BCUT2D eigenvalue weighted by molar-refractivity contribution is 5.33. The van der Waals surface area contributed by atoms with Gasteiger partial charge in [0.15, 0.2) is 0 Å². The summed E-state index contributed by atoms with van der Waals surface area (Å²) >= 11 is 0. The van der Waals surface area contributed by atoms with E-state index in [0.29, 0.717) is 0 Å². The molecule has 1 aliphatic rings. The molecule has 0 saturated heterocycles. The van der Waals surface area contributed by atoms with Gasteiger partial charge in [-0.2, -0.15) is 0 Å². The van der Waals surface area contributed by atoms with Gasteiger partial charge < -0.3 is 0 Å². The van der Waals surface area contributed by atoms with E-state index < -0.39 is 0 Å². The molecule has 1 rings (SSSR count). The van der Waals surface area contributed by atoms with Crippen molar-refractivity contribution < 1.29 is 0 Å². The topological polar surface area (TPSA) is 0 Å². The van der Waals surface area contributed by atoms with Crippen molar-refractivity contribution in [2.24, 2.45) is 11.8 Å². The Morgan fingerprint density at radius 1 is 1.25 bits per heavy atom. The Bertz CT molecular complexity index is 208. The molecule has 12 heavy (non-hydrogen) atoms. The first kappa shape index (κ1) is 9.57. The van der Waals surface area contributed by atoms with Crippen molar-refractivity contribution in [3.8, 4) is 0 Å². The molecule has 0 aromatic rings. The standard InChI is InChI=1S/C12H20/c1-5-11-8-12(6-2)10(4)7-9(11)3/h7-9,11H,5-6H2,1-4H3. The normalized spacial score (nSPS) is 29.7. The van der Waals surface area contributed by atoms with Gasteiger partial charge in [-0.3, -0.25) is 0 Å². The highest BCUT2D eigenvalue weighted by Gasteiger charge is 2.16. The lowest BCUT2D eigenvalue weighted by Gasteiger charge is -2.24.